The molecule has 2 N–H and O–H groups in total. The quantitative estimate of drug-likeness (QED) is 0.812. The summed E-state index contributed by atoms with van der Waals surface area (Å²) in [6, 6.07) is 1.50. The van der Waals surface area contributed by atoms with Crippen molar-refractivity contribution in [3.63, 3.8) is 0 Å². The van der Waals surface area contributed by atoms with Gasteiger partial charge in [-0.25, -0.2) is 0 Å². The normalized spacial score (nSPS) is 31.4. The second-order valence-corrected chi connectivity index (χ2v) is 6.84. The van der Waals surface area contributed by atoms with E-state index in [9.17, 15) is 0 Å². The fourth-order valence-electron chi connectivity index (χ4n) is 4.22. The third-order valence-corrected chi connectivity index (χ3v) is 5.61. The summed E-state index contributed by atoms with van der Waals surface area (Å²) in [4.78, 5) is 5.41. The van der Waals surface area contributed by atoms with Crippen LogP contribution >= 0.6 is 0 Å². The van der Waals surface area contributed by atoms with Gasteiger partial charge in [-0.05, 0) is 25.2 Å². The van der Waals surface area contributed by atoms with E-state index >= 15 is 0 Å². The molecule has 20 heavy (non-hydrogen) atoms. The lowest BCUT2D eigenvalue weighted by Gasteiger charge is -2.44. The van der Waals surface area contributed by atoms with Gasteiger partial charge < -0.3 is 5.73 Å². The Bertz CT molecular complexity index is 261. The Morgan fingerprint density at radius 3 is 2.45 bits per heavy atom. The second kappa shape index (κ2) is 8.35. The van der Waals surface area contributed by atoms with Gasteiger partial charge in [0.05, 0.1) is 0 Å². The van der Waals surface area contributed by atoms with Crippen molar-refractivity contribution in [2.45, 2.75) is 70.9 Å². The molecule has 2 aliphatic rings. The van der Waals surface area contributed by atoms with E-state index in [4.69, 9.17) is 5.73 Å². The van der Waals surface area contributed by atoms with E-state index in [1.54, 1.807) is 0 Å². The fraction of sp³-hybridized carbons (Fsp3) is 1.00. The number of piperazine rings is 1. The van der Waals surface area contributed by atoms with Gasteiger partial charge >= 0.3 is 0 Å². The molecule has 2 fully saturated rings. The Hall–Kier alpha value is -0.120. The maximum atomic E-state index is 5.95. The van der Waals surface area contributed by atoms with Crippen molar-refractivity contribution >= 4 is 0 Å². The summed E-state index contributed by atoms with van der Waals surface area (Å²) >= 11 is 0. The smallest absolute Gasteiger partial charge is 0.0219 e. The van der Waals surface area contributed by atoms with Crippen molar-refractivity contribution in [1.29, 1.82) is 0 Å². The number of rotatable bonds is 6. The Morgan fingerprint density at radius 1 is 1.10 bits per heavy atom. The van der Waals surface area contributed by atoms with E-state index in [1.165, 1.54) is 71.1 Å². The lowest BCUT2D eigenvalue weighted by atomic mass is 9.83. The average Bonchev–Trinajstić information content (AvgIpc) is 2.53. The summed E-state index contributed by atoms with van der Waals surface area (Å²) in [6.07, 6.45) is 9.70. The molecule has 0 aromatic rings. The molecule has 3 unspecified atom stereocenters. The molecule has 1 saturated heterocycles. The van der Waals surface area contributed by atoms with Crippen LogP contribution in [0.4, 0.5) is 0 Å². The van der Waals surface area contributed by atoms with Crippen molar-refractivity contribution < 1.29 is 0 Å². The number of nitrogens with two attached hydrogens (primary N) is 1. The zero-order valence-electron chi connectivity index (χ0n) is 13.7. The predicted molar refractivity (Wildman–Crippen MR) is 86.9 cm³/mol. The summed E-state index contributed by atoms with van der Waals surface area (Å²) in [5.41, 5.74) is 5.95. The fourth-order valence-corrected chi connectivity index (χ4v) is 4.22. The van der Waals surface area contributed by atoms with Crippen LogP contribution in [-0.2, 0) is 0 Å². The Kier molecular flexibility index (Phi) is 6.79. The van der Waals surface area contributed by atoms with Gasteiger partial charge in [0.1, 0.15) is 0 Å². The molecule has 0 amide bonds. The van der Waals surface area contributed by atoms with Crippen molar-refractivity contribution in [3.05, 3.63) is 0 Å². The van der Waals surface area contributed by atoms with Crippen LogP contribution in [0.15, 0.2) is 0 Å². The molecule has 1 heterocycles. The lowest BCUT2D eigenvalue weighted by molar-refractivity contribution is 0.0467. The first kappa shape index (κ1) is 16.3. The molecule has 0 bridgehead atoms. The van der Waals surface area contributed by atoms with Gasteiger partial charge in [-0.3, -0.25) is 9.80 Å². The monoisotopic (exact) mass is 281 g/mol. The highest BCUT2D eigenvalue weighted by atomic mass is 15.3. The molecule has 0 radical (unpaired) electrons. The average molecular weight is 281 g/mol. The lowest BCUT2D eigenvalue weighted by Crippen LogP contribution is -2.55. The van der Waals surface area contributed by atoms with E-state index in [1.807, 2.05) is 0 Å². The first-order valence-electron chi connectivity index (χ1n) is 8.96. The molecule has 118 valence electrons. The predicted octanol–water partition coefficient (Wildman–Crippen LogP) is 2.70. The summed E-state index contributed by atoms with van der Waals surface area (Å²) in [6.45, 7) is 10.5. The summed E-state index contributed by atoms with van der Waals surface area (Å²) in [5.74, 6) is 0.990. The minimum absolute atomic E-state index is 0.622. The van der Waals surface area contributed by atoms with Crippen molar-refractivity contribution in [2.75, 3.05) is 32.7 Å². The Balaban J connectivity index is 1.78. The molecule has 0 aromatic carbocycles. The Labute approximate surface area is 125 Å². The van der Waals surface area contributed by atoms with Crippen LogP contribution in [0.2, 0.25) is 0 Å². The maximum Gasteiger partial charge on any atom is 0.0219 e. The summed E-state index contributed by atoms with van der Waals surface area (Å²) in [5, 5.41) is 0. The molecule has 1 aliphatic heterocycles. The van der Waals surface area contributed by atoms with Crippen LogP contribution in [0.25, 0.3) is 0 Å². The molecular weight excluding hydrogens is 246 g/mol. The standard InChI is InChI=1S/C17H35N3/c1-3-6-17(14-18)20-11-9-19(10-12-20)16-8-5-7-15(4-2)13-16/h15-17H,3-14,18H2,1-2H3. The van der Waals surface area contributed by atoms with Gasteiger partial charge in [0.15, 0.2) is 0 Å². The molecule has 3 atom stereocenters. The minimum atomic E-state index is 0.622. The maximum absolute atomic E-state index is 5.95. The van der Waals surface area contributed by atoms with Crippen LogP contribution in [0.3, 0.4) is 0 Å². The zero-order valence-corrected chi connectivity index (χ0v) is 13.7. The number of nitrogens with zero attached hydrogens (tertiary/aromatic N) is 2. The summed E-state index contributed by atoms with van der Waals surface area (Å²) < 4.78 is 0. The molecule has 0 aromatic heterocycles. The first-order valence-corrected chi connectivity index (χ1v) is 8.96. The van der Waals surface area contributed by atoms with Gasteiger partial charge in [-0.2, -0.15) is 0 Å². The third kappa shape index (κ3) is 4.19. The van der Waals surface area contributed by atoms with Gasteiger partial charge in [0, 0.05) is 44.8 Å². The van der Waals surface area contributed by atoms with Gasteiger partial charge in [-0.15, -0.1) is 0 Å². The number of hydrogen-bond acceptors (Lipinski definition) is 3. The van der Waals surface area contributed by atoms with Gasteiger partial charge in [-0.1, -0.05) is 39.5 Å². The van der Waals surface area contributed by atoms with Crippen LogP contribution in [-0.4, -0.2) is 54.6 Å². The largest absolute Gasteiger partial charge is 0.329 e. The second-order valence-electron chi connectivity index (χ2n) is 6.84. The Morgan fingerprint density at radius 2 is 1.85 bits per heavy atom. The highest BCUT2D eigenvalue weighted by Crippen LogP contribution is 2.30. The van der Waals surface area contributed by atoms with Crippen LogP contribution in [0, 0.1) is 5.92 Å². The van der Waals surface area contributed by atoms with Crippen LogP contribution in [0.1, 0.15) is 58.8 Å². The van der Waals surface area contributed by atoms with Gasteiger partial charge in [0.2, 0.25) is 0 Å². The SMILES string of the molecule is CCCC(CN)N1CCN(C2CCCC(CC)C2)CC1. The molecule has 3 heteroatoms. The van der Waals surface area contributed by atoms with Crippen LogP contribution in [0.5, 0.6) is 0 Å². The van der Waals surface area contributed by atoms with Crippen LogP contribution < -0.4 is 5.73 Å². The molecular formula is C17H35N3. The zero-order chi connectivity index (χ0) is 14.4. The van der Waals surface area contributed by atoms with Crippen molar-refractivity contribution in [3.8, 4) is 0 Å². The van der Waals surface area contributed by atoms with E-state index in [0.717, 1.165) is 18.5 Å². The third-order valence-electron chi connectivity index (χ3n) is 5.61. The number of hydrogen-bond donors (Lipinski definition) is 1. The van der Waals surface area contributed by atoms with Crippen molar-refractivity contribution in [1.82, 2.24) is 9.80 Å². The molecule has 0 spiro atoms. The van der Waals surface area contributed by atoms with E-state index in [2.05, 4.69) is 23.6 Å². The molecule has 1 saturated carbocycles. The van der Waals surface area contributed by atoms with Crippen molar-refractivity contribution in [2.24, 2.45) is 11.7 Å². The molecule has 1 aliphatic carbocycles. The highest BCUT2D eigenvalue weighted by Gasteiger charge is 2.29. The molecule has 2 rings (SSSR count). The highest BCUT2D eigenvalue weighted by molar-refractivity contribution is 4.85. The van der Waals surface area contributed by atoms with E-state index in [0.29, 0.717) is 6.04 Å². The summed E-state index contributed by atoms with van der Waals surface area (Å²) in [7, 11) is 0. The van der Waals surface area contributed by atoms with Gasteiger partial charge in [0.25, 0.3) is 0 Å². The van der Waals surface area contributed by atoms with E-state index in [-0.39, 0.29) is 0 Å². The molecule has 3 nitrogen and oxygen atoms in total. The topological polar surface area (TPSA) is 32.5 Å². The minimum Gasteiger partial charge on any atom is -0.329 e. The van der Waals surface area contributed by atoms with E-state index < -0.39 is 0 Å². The first-order chi connectivity index (χ1) is 9.78.